The van der Waals surface area contributed by atoms with E-state index in [9.17, 15) is 27.6 Å². The van der Waals surface area contributed by atoms with Gasteiger partial charge in [0.05, 0.1) is 6.61 Å². The van der Waals surface area contributed by atoms with Crippen molar-refractivity contribution in [3.63, 3.8) is 0 Å². The number of rotatable bonds is 10. The van der Waals surface area contributed by atoms with Gasteiger partial charge in [0, 0.05) is 19.6 Å². The first-order valence-electron chi connectivity index (χ1n) is 10.5. The molecule has 0 spiro atoms. The third-order valence-corrected chi connectivity index (χ3v) is 5.40. The number of alkyl carbamates (subject to hydrolysis) is 1. The number of hydroxylamine groups is 1. The highest BCUT2D eigenvalue weighted by Crippen LogP contribution is 2.44. The van der Waals surface area contributed by atoms with Gasteiger partial charge < -0.3 is 19.9 Å². The zero-order valence-electron chi connectivity index (χ0n) is 18.5. The molecule has 2 aromatic carbocycles. The summed E-state index contributed by atoms with van der Waals surface area (Å²) in [6.07, 6.45) is -7.91. The average molecular weight is 496 g/mol. The van der Waals surface area contributed by atoms with E-state index in [1.165, 1.54) is 5.48 Å². The van der Waals surface area contributed by atoms with Crippen molar-refractivity contribution in [2.45, 2.75) is 18.2 Å². The Morgan fingerprint density at radius 2 is 1.60 bits per heavy atom. The zero-order chi connectivity index (χ0) is 25.6. The van der Waals surface area contributed by atoms with E-state index in [2.05, 4.69) is 9.57 Å². The minimum Gasteiger partial charge on any atom is -0.479 e. The van der Waals surface area contributed by atoms with Crippen molar-refractivity contribution in [3.8, 4) is 11.1 Å². The fourth-order valence-electron chi connectivity index (χ4n) is 3.70. The zero-order valence-corrected chi connectivity index (χ0v) is 18.5. The van der Waals surface area contributed by atoms with Gasteiger partial charge in [-0.25, -0.2) is 15.1 Å². The van der Waals surface area contributed by atoms with Crippen molar-refractivity contribution in [1.82, 2.24) is 10.8 Å². The molecule has 2 atom stereocenters. The van der Waals surface area contributed by atoms with Crippen molar-refractivity contribution in [2.24, 2.45) is 5.92 Å². The number of hydrogen-bond donors (Lipinski definition) is 3. The standard InChI is InChI=1S/C23H23F3N2O7/c1-33-12-19(21(30)31)35-28-20(29)18(23(24,25)26)10-27-22(32)34-11-17-15-8-4-2-6-13(15)14-7-3-5-9-16(14)17/h2-9,17-19H,10-12H2,1H3,(H,27,32)(H,28,29)(H,30,31). The van der Waals surface area contributed by atoms with Crippen LogP contribution in [0.4, 0.5) is 18.0 Å². The van der Waals surface area contributed by atoms with Crippen LogP contribution in [0.2, 0.25) is 0 Å². The van der Waals surface area contributed by atoms with Crippen LogP contribution >= 0.6 is 0 Å². The molecule has 35 heavy (non-hydrogen) atoms. The lowest BCUT2D eigenvalue weighted by molar-refractivity contribution is -0.192. The second-order valence-electron chi connectivity index (χ2n) is 7.67. The number of aliphatic carboxylic acids is 1. The molecule has 0 bridgehead atoms. The number of carbonyl (C=O) groups excluding carboxylic acids is 2. The first-order valence-corrected chi connectivity index (χ1v) is 10.5. The summed E-state index contributed by atoms with van der Waals surface area (Å²) in [5.41, 5.74) is 5.29. The van der Waals surface area contributed by atoms with Gasteiger partial charge in [0.1, 0.15) is 6.61 Å². The molecular formula is C23H23F3N2O7. The molecule has 0 fully saturated rings. The van der Waals surface area contributed by atoms with Crippen LogP contribution in [0, 0.1) is 5.92 Å². The van der Waals surface area contributed by atoms with Gasteiger partial charge in [0.25, 0.3) is 5.91 Å². The van der Waals surface area contributed by atoms with Crippen LogP contribution in [0.25, 0.3) is 11.1 Å². The predicted molar refractivity (Wildman–Crippen MR) is 115 cm³/mol. The molecule has 3 rings (SSSR count). The number of alkyl halides is 3. The topological polar surface area (TPSA) is 123 Å². The summed E-state index contributed by atoms with van der Waals surface area (Å²) >= 11 is 0. The maximum Gasteiger partial charge on any atom is 0.407 e. The molecule has 2 amide bonds. The Kier molecular flexibility index (Phi) is 8.30. The lowest BCUT2D eigenvalue weighted by Gasteiger charge is -2.21. The van der Waals surface area contributed by atoms with Crippen LogP contribution in [-0.2, 0) is 23.9 Å². The van der Waals surface area contributed by atoms with Gasteiger partial charge in [-0.2, -0.15) is 13.2 Å². The first-order chi connectivity index (χ1) is 16.6. The molecule has 9 nitrogen and oxygen atoms in total. The van der Waals surface area contributed by atoms with Crippen LogP contribution in [0.3, 0.4) is 0 Å². The molecule has 3 N–H and O–H groups in total. The van der Waals surface area contributed by atoms with Crippen molar-refractivity contribution < 1.29 is 47.0 Å². The van der Waals surface area contributed by atoms with Gasteiger partial charge in [0.15, 0.2) is 5.92 Å². The van der Waals surface area contributed by atoms with Crippen molar-refractivity contribution in [3.05, 3.63) is 59.7 Å². The molecule has 0 heterocycles. The number of carbonyl (C=O) groups is 3. The number of amides is 2. The van der Waals surface area contributed by atoms with Crippen LogP contribution in [-0.4, -0.2) is 62.2 Å². The Morgan fingerprint density at radius 3 is 2.11 bits per heavy atom. The molecule has 0 saturated heterocycles. The van der Waals surface area contributed by atoms with Crippen LogP contribution < -0.4 is 10.8 Å². The molecule has 0 aromatic heterocycles. The number of halogens is 3. The number of hydrogen-bond acceptors (Lipinski definition) is 6. The number of carboxylic acid groups (broad SMARTS) is 1. The molecule has 2 unspecified atom stereocenters. The number of carboxylic acids is 1. The van der Waals surface area contributed by atoms with E-state index in [-0.39, 0.29) is 12.5 Å². The highest BCUT2D eigenvalue weighted by molar-refractivity contribution is 5.81. The molecule has 0 aliphatic heterocycles. The van der Waals surface area contributed by atoms with E-state index in [4.69, 9.17) is 9.84 Å². The highest BCUT2D eigenvalue weighted by atomic mass is 19.4. The molecular weight excluding hydrogens is 473 g/mol. The third-order valence-electron chi connectivity index (χ3n) is 5.40. The predicted octanol–water partition coefficient (Wildman–Crippen LogP) is 2.85. The normalized spacial score (nSPS) is 14.4. The molecule has 0 saturated carbocycles. The number of benzene rings is 2. The minimum atomic E-state index is -5.05. The fourth-order valence-corrected chi connectivity index (χ4v) is 3.70. The smallest absolute Gasteiger partial charge is 0.407 e. The second-order valence-corrected chi connectivity index (χ2v) is 7.67. The first kappa shape index (κ1) is 26.0. The summed E-state index contributed by atoms with van der Waals surface area (Å²) in [7, 11) is 1.15. The summed E-state index contributed by atoms with van der Waals surface area (Å²) in [4.78, 5) is 39.6. The van der Waals surface area contributed by atoms with Gasteiger partial charge in [0.2, 0.25) is 6.10 Å². The summed E-state index contributed by atoms with van der Waals surface area (Å²) < 4.78 is 49.8. The maximum absolute atomic E-state index is 13.4. The van der Waals surface area contributed by atoms with E-state index in [0.717, 1.165) is 29.4 Å². The van der Waals surface area contributed by atoms with Gasteiger partial charge in [-0.05, 0) is 22.3 Å². The van der Waals surface area contributed by atoms with Crippen LogP contribution in [0.1, 0.15) is 17.0 Å². The lowest BCUT2D eigenvalue weighted by Crippen LogP contribution is -2.48. The Bertz CT molecular complexity index is 1030. The van der Waals surface area contributed by atoms with Crippen molar-refractivity contribution >= 4 is 18.0 Å². The van der Waals surface area contributed by atoms with Gasteiger partial charge in [-0.15, -0.1) is 0 Å². The van der Waals surface area contributed by atoms with Crippen molar-refractivity contribution in [2.75, 3.05) is 26.9 Å². The van der Waals surface area contributed by atoms with E-state index >= 15 is 0 Å². The van der Waals surface area contributed by atoms with Crippen molar-refractivity contribution in [1.29, 1.82) is 0 Å². The Labute approximate surface area is 198 Å². The third kappa shape index (κ3) is 6.28. The largest absolute Gasteiger partial charge is 0.479 e. The monoisotopic (exact) mass is 496 g/mol. The Balaban J connectivity index is 1.58. The van der Waals surface area contributed by atoms with Gasteiger partial charge in [-0.1, -0.05) is 48.5 Å². The second kappa shape index (κ2) is 11.2. The van der Waals surface area contributed by atoms with Crippen LogP contribution in [0.15, 0.2) is 48.5 Å². The average Bonchev–Trinajstić information content (AvgIpc) is 3.13. The maximum atomic E-state index is 13.4. The quantitative estimate of drug-likeness (QED) is 0.432. The summed E-state index contributed by atoms with van der Waals surface area (Å²) in [5.74, 6) is -6.23. The lowest BCUT2D eigenvalue weighted by atomic mass is 9.98. The number of methoxy groups -OCH3 is 1. The number of ether oxygens (including phenoxy) is 2. The van der Waals surface area contributed by atoms with E-state index < -0.39 is 49.3 Å². The van der Waals surface area contributed by atoms with Gasteiger partial charge >= 0.3 is 18.2 Å². The van der Waals surface area contributed by atoms with E-state index in [0.29, 0.717) is 0 Å². The minimum absolute atomic E-state index is 0.122. The number of fused-ring (bicyclic) bond motifs is 3. The molecule has 188 valence electrons. The van der Waals surface area contributed by atoms with Gasteiger partial charge in [-0.3, -0.25) is 9.63 Å². The summed E-state index contributed by atoms with van der Waals surface area (Å²) in [6.45, 7) is -1.77. The van der Waals surface area contributed by atoms with Crippen LogP contribution in [0.5, 0.6) is 0 Å². The Hall–Kier alpha value is -3.64. The summed E-state index contributed by atoms with van der Waals surface area (Å²) in [5, 5.41) is 10.9. The molecule has 1 aliphatic rings. The fraction of sp³-hybridized carbons (Fsp3) is 0.348. The molecule has 12 heteroatoms. The Morgan fingerprint density at radius 1 is 1.03 bits per heavy atom. The molecule has 0 radical (unpaired) electrons. The summed E-state index contributed by atoms with van der Waals surface area (Å²) in [6, 6.07) is 15.1. The molecule has 1 aliphatic carbocycles. The number of nitrogens with one attached hydrogen (secondary N) is 2. The highest BCUT2D eigenvalue weighted by Gasteiger charge is 2.45. The van der Waals surface area contributed by atoms with E-state index in [1.54, 1.807) is 0 Å². The molecule has 2 aromatic rings. The SMILES string of the molecule is COCC(ONC(=O)C(CNC(=O)OCC1c2ccccc2-c2ccccc21)C(F)(F)F)C(=O)O. The van der Waals surface area contributed by atoms with E-state index in [1.807, 2.05) is 53.8 Å².